The molecule has 1 aromatic rings. The highest BCUT2D eigenvalue weighted by molar-refractivity contribution is 5.96. The van der Waals surface area contributed by atoms with E-state index in [4.69, 9.17) is 9.84 Å². The average Bonchev–Trinajstić information content (AvgIpc) is 2.35. The first-order valence-corrected chi connectivity index (χ1v) is 5.11. The highest BCUT2D eigenvalue weighted by Gasteiger charge is 2.30. The maximum absolute atomic E-state index is 11.8. The van der Waals surface area contributed by atoms with E-state index in [0.29, 0.717) is 0 Å². The average molecular weight is 254 g/mol. The largest absolute Gasteiger partial charge is 0.480 e. The van der Waals surface area contributed by atoms with Crippen LogP contribution in [0.2, 0.25) is 0 Å². The molecular formula is C11H14N2O5. The summed E-state index contributed by atoms with van der Waals surface area (Å²) in [5, 5.41) is 20.4. The van der Waals surface area contributed by atoms with Crippen LogP contribution in [0.3, 0.4) is 0 Å². The van der Waals surface area contributed by atoms with Crippen molar-refractivity contribution in [3.05, 3.63) is 23.9 Å². The molecule has 1 rings (SSSR count). The minimum atomic E-state index is -2.02. The number of hydrogen-bond acceptors (Lipinski definition) is 5. The van der Waals surface area contributed by atoms with E-state index in [1.807, 2.05) is 0 Å². The maximum atomic E-state index is 11.8. The van der Waals surface area contributed by atoms with Gasteiger partial charge in [-0.2, -0.15) is 0 Å². The molecule has 7 heteroatoms. The Bertz CT molecular complexity index is 459. The van der Waals surface area contributed by atoms with Crippen LogP contribution in [0.1, 0.15) is 17.3 Å². The molecule has 0 aliphatic rings. The summed E-state index contributed by atoms with van der Waals surface area (Å²) in [7, 11) is 1.37. The molecule has 3 N–H and O–H groups in total. The standard InChI is InChI=1S/C11H14N2O5/c1-11(17,10(15)16)6-13-8(14)7-4-3-5-12-9(7)18-2/h3-5,17H,6H2,1-2H3,(H,13,14)(H,15,16). The number of nitrogens with zero attached hydrogens (tertiary/aromatic N) is 1. The van der Waals surface area contributed by atoms with Gasteiger partial charge in [-0.3, -0.25) is 4.79 Å². The summed E-state index contributed by atoms with van der Waals surface area (Å²) in [5.74, 6) is -1.85. The molecular weight excluding hydrogens is 240 g/mol. The molecule has 18 heavy (non-hydrogen) atoms. The second-order valence-corrected chi connectivity index (χ2v) is 3.82. The van der Waals surface area contributed by atoms with E-state index in [1.165, 1.54) is 19.4 Å². The third kappa shape index (κ3) is 3.17. The number of rotatable bonds is 5. The Morgan fingerprint density at radius 2 is 2.22 bits per heavy atom. The number of hydrogen-bond donors (Lipinski definition) is 3. The fraction of sp³-hybridized carbons (Fsp3) is 0.364. The summed E-state index contributed by atoms with van der Waals surface area (Å²) in [6.07, 6.45) is 1.46. The van der Waals surface area contributed by atoms with Gasteiger partial charge in [0.05, 0.1) is 13.7 Å². The summed E-state index contributed by atoms with van der Waals surface area (Å²) in [6, 6.07) is 3.03. The van der Waals surface area contributed by atoms with Gasteiger partial charge >= 0.3 is 5.97 Å². The van der Waals surface area contributed by atoms with Crippen LogP contribution in [0.5, 0.6) is 5.88 Å². The third-order valence-electron chi connectivity index (χ3n) is 2.26. The SMILES string of the molecule is COc1ncccc1C(=O)NCC(C)(O)C(=O)O. The highest BCUT2D eigenvalue weighted by Crippen LogP contribution is 2.13. The zero-order chi connectivity index (χ0) is 13.8. The van der Waals surface area contributed by atoms with E-state index in [1.54, 1.807) is 6.07 Å². The molecule has 1 heterocycles. The van der Waals surface area contributed by atoms with Gasteiger partial charge in [0.2, 0.25) is 5.88 Å². The fourth-order valence-electron chi connectivity index (χ4n) is 1.15. The van der Waals surface area contributed by atoms with E-state index in [2.05, 4.69) is 10.3 Å². The van der Waals surface area contributed by atoms with Gasteiger partial charge in [-0.25, -0.2) is 9.78 Å². The van der Waals surface area contributed by atoms with Crippen molar-refractivity contribution in [2.24, 2.45) is 0 Å². The number of nitrogens with one attached hydrogen (secondary N) is 1. The molecule has 0 radical (unpaired) electrons. The molecule has 0 spiro atoms. The lowest BCUT2D eigenvalue weighted by molar-refractivity contribution is -0.155. The van der Waals surface area contributed by atoms with E-state index in [9.17, 15) is 14.7 Å². The Morgan fingerprint density at radius 3 is 2.78 bits per heavy atom. The molecule has 1 aromatic heterocycles. The fourth-order valence-corrected chi connectivity index (χ4v) is 1.15. The zero-order valence-corrected chi connectivity index (χ0v) is 10.0. The lowest BCUT2D eigenvalue weighted by Gasteiger charge is -2.18. The summed E-state index contributed by atoms with van der Waals surface area (Å²) in [5.41, 5.74) is -1.85. The van der Waals surface area contributed by atoms with Crippen LogP contribution in [0.25, 0.3) is 0 Å². The van der Waals surface area contributed by atoms with Crippen LogP contribution >= 0.6 is 0 Å². The van der Waals surface area contributed by atoms with Gasteiger partial charge in [0.1, 0.15) is 5.56 Å². The Balaban J connectivity index is 2.75. The van der Waals surface area contributed by atoms with Gasteiger partial charge in [0, 0.05) is 6.20 Å². The monoisotopic (exact) mass is 254 g/mol. The summed E-state index contributed by atoms with van der Waals surface area (Å²) in [4.78, 5) is 26.2. The summed E-state index contributed by atoms with van der Waals surface area (Å²) in [6.45, 7) is 0.676. The second kappa shape index (κ2) is 5.46. The van der Waals surface area contributed by atoms with Crippen molar-refractivity contribution in [3.8, 4) is 5.88 Å². The van der Waals surface area contributed by atoms with Crippen LogP contribution in [0.15, 0.2) is 18.3 Å². The van der Waals surface area contributed by atoms with Gasteiger partial charge in [-0.1, -0.05) is 0 Å². The Hall–Kier alpha value is -2.15. The quantitative estimate of drug-likeness (QED) is 0.663. The molecule has 1 unspecified atom stereocenters. The van der Waals surface area contributed by atoms with E-state index in [-0.39, 0.29) is 11.4 Å². The number of aliphatic hydroxyl groups is 1. The Morgan fingerprint density at radius 1 is 1.56 bits per heavy atom. The lowest BCUT2D eigenvalue weighted by atomic mass is 10.1. The number of carbonyl (C=O) groups excluding carboxylic acids is 1. The molecule has 0 saturated carbocycles. The zero-order valence-electron chi connectivity index (χ0n) is 10.0. The second-order valence-electron chi connectivity index (χ2n) is 3.82. The number of carbonyl (C=O) groups is 2. The highest BCUT2D eigenvalue weighted by atomic mass is 16.5. The van der Waals surface area contributed by atoms with Crippen molar-refractivity contribution in [2.45, 2.75) is 12.5 Å². The molecule has 0 aliphatic carbocycles. The molecule has 0 bridgehead atoms. The van der Waals surface area contributed by atoms with Crippen LogP contribution in [-0.2, 0) is 4.79 Å². The van der Waals surface area contributed by atoms with E-state index < -0.39 is 24.0 Å². The topological polar surface area (TPSA) is 109 Å². The number of methoxy groups -OCH3 is 1. The number of amides is 1. The molecule has 0 aliphatic heterocycles. The first kappa shape index (κ1) is 13.9. The minimum Gasteiger partial charge on any atom is -0.480 e. The number of carboxylic acid groups (broad SMARTS) is 1. The van der Waals surface area contributed by atoms with Gasteiger partial charge in [-0.15, -0.1) is 0 Å². The predicted octanol–water partition coefficient (Wildman–Crippen LogP) is -0.344. The van der Waals surface area contributed by atoms with Gasteiger partial charge in [-0.05, 0) is 19.1 Å². The van der Waals surface area contributed by atoms with Crippen LogP contribution in [0, 0.1) is 0 Å². The number of aliphatic carboxylic acids is 1. The number of aromatic nitrogens is 1. The smallest absolute Gasteiger partial charge is 0.337 e. The molecule has 0 fully saturated rings. The summed E-state index contributed by atoms with van der Waals surface area (Å²) < 4.78 is 4.90. The van der Waals surface area contributed by atoms with Crippen molar-refractivity contribution >= 4 is 11.9 Å². The predicted molar refractivity (Wildman–Crippen MR) is 61.4 cm³/mol. The third-order valence-corrected chi connectivity index (χ3v) is 2.26. The van der Waals surface area contributed by atoms with Crippen LogP contribution in [0.4, 0.5) is 0 Å². The van der Waals surface area contributed by atoms with Crippen molar-refractivity contribution in [1.82, 2.24) is 10.3 Å². The van der Waals surface area contributed by atoms with Gasteiger partial charge in [0.25, 0.3) is 5.91 Å². The number of ether oxygens (including phenoxy) is 1. The van der Waals surface area contributed by atoms with Crippen LogP contribution in [-0.4, -0.2) is 46.3 Å². The minimum absolute atomic E-state index is 0.130. The maximum Gasteiger partial charge on any atom is 0.337 e. The molecule has 1 amide bonds. The lowest BCUT2D eigenvalue weighted by Crippen LogP contribution is -2.46. The Labute approximate surface area is 103 Å². The molecule has 0 saturated heterocycles. The van der Waals surface area contributed by atoms with E-state index in [0.717, 1.165) is 6.92 Å². The van der Waals surface area contributed by atoms with Crippen molar-refractivity contribution < 1.29 is 24.5 Å². The number of carboxylic acids is 1. The van der Waals surface area contributed by atoms with Gasteiger partial charge < -0.3 is 20.3 Å². The summed E-state index contributed by atoms with van der Waals surface area (Å²) >= 11 is 0. The van der Waals surface area contributed by atoms with E-state index >= 15 is 0 Å². The normalized spacial score (nSPS) is 13.5. The number of pyridine rings is 1. The van der Waals surface area contributed by atoms with Crippen LogP contribution < -0.4 is 10.1 Å². The molecule has 0 aromatic carbocycles. The van der Waals surface area contributed by atoms with Crippen molar-refractivity contribution in [1.29, 1.82) is 0 Å². The molecule has 7 nitrogen and oxygen atoms in total. The first-order valence-electron chi connectivity index (χ1n) is 5.11. The Kier molecular flexibility index (Phi) is 4.22. The molecule has 1 atom stereocenters. The van der Waals surface area contributed by atoms with Crippen molar-refractivity contribution in [2.75, 3.05) is 13.7 Å². The van der Waals surface area contributed by atoms with Crippen molar-refractivity contribution in [3.63, 3.8) is 0 Å². The molecule has 98 valence electrons. The van der Waals surface area contributed by atoms with Gasteiger partial charge in [0.15, 0.2) is 5.60 Å². The first-order chi connectivity index (χ1) is 8.38.